The number of alkyl halides is 1. The maximum Gasteiger partial charge on any atom is 0.318 e. The molecule has 0 spiro atoms. The van der Waals surface area contributed by atoms with Crippen LogP contribution in [0.5, 0.6) is 11.6 Å². The van der Waals surface area contributed by atoms with Gasteiger partial charge in [-0.25, -0.2) is 27.3 Å². The molecule has 1 aromatic carbocycles. The number of nitrogens with one attached hydrogen (secondary N) is 2. The van der Waals surface area contributed by atoms with Gasteiger partial charge in [0.2, 0.25) is 15.9 Å². The SMILES string of the molecule is CCS(=O)(=O)N[C@H]1[C@@H](F)CN2C(=O)NCc3ccc(Cl)c(n3)Oc3cccc(c3)C[C@@H]12. The summed E-state index contributed by atoms with van der Waals surface area (Å²) in [6.45, 7) is 1.34. The summed E-state index contributed by atoms with van der Waals surface area (Å²) < 4.78 is 47.5. The number of aromatic nitrogens is 1. The number of hydrogen-bond acceptors (Lipinski definition) is 5. The van der Waals surface area contributed by atoms with Crippen molar-refractivity contribution in [2.45, 2.75) is 38.1 Å². The summed E-state index contributed by atoms with van der Waals surface area (Å²) >= 11 is 6.19. The van der Waals surface area contributed by atoms with Gasteiger partial charge in [-0.15, -0.1) is 0 Å². The van der Waals surface area contributed by atoms with Gasteiger partial charge in [-0.2, -0.15) is 0 Å². The number of hydrogen-bond donors (Lipinski definition) is 2. The zero-order valence-electron chi connectivity index (χ0n) is 16.7. The number of ether oxygens (including phenoxy) is 1. The summed E-state index contributed by atoms with van der Waals surface area (Å²) in [5, 5.41) is 3.05. The van der Waals surface area contributed by atoms with E-state index < -0.39 is 34.3 Å². The van der Waals surface area contributed by atoms with E-state index in [1.165, 1.54) is 11.8 Å². The van der Waals surface area contributed by atoms with Gasteiger partial charge in [-0.3, -0.25) is 0 Å². The molecule has 166 valence electrons. The topological polar surface area (TPSA) is 101 Å². The Labute approximate surface area is 184 Å². The number of urea groups is 1. The summed E-state index contributed by atoms with van der Waals surface area (Å²) in [7, 11) is -3.67. The molecule has 0 radical (unpaired) electrons. The molecule has 11 heteroatoms. The van der Waals surface area contributed by atoms with Gasteiger partial charge in [0, 0.05) is 0 Å². The van der Waals surface area contributed by atoms with Gasteiger partial charge in [0.25, 0.3) is 0 Å². The van der Waals surface area contributed by atoms with Crippen molar-refractivity contribution in [2.75, 3.05) is 12.3 Å². The molecule has 2 amide bonds. The first-order valence-electron chi connectivity index (χ1n) is 9.86. The maximum atomic E-state index is 14.9. The van der Waals surface area contributed by atoms with Crippen molar-refractivity contribution in [3.05, 3.63) is 52.7 Å². The zero-order valence-corrected chi connectivity index (χ0v) is 18.3. The number of pyridine rings is 1. The second-order valence-corrected chi connectivity index (χ2v) is 9.93. The molecule has 2 aliphatic rings. The maximum absolute atomic E-state index is 14.9. The molecule has 3 heterocycles. The molecule has 4 bridgehead atoms. The lowest BCUT2D eigenvalue weighted by Crippen LogP contribution is -2.51. The second kappa shape index (κ2) is 8.60. The van der Waals surface area contributed by atoms with Crippen molar-refractivity contribution in [1.29, 1.82) is 0 Å². The minimum absolute atomic E-state index is 0.0788. The van der Waals surface area contributed by atoms with Gasteiger partial charge in [0.05, 0.1) is 36.6 Å². The average Bonchev–Trinajstić information content (AvgIpc) is 3.03. The predicted octanol–water partition coefficient (Wildman–Crippen LogP) is 2.62. The van der Waals surface area contributed by atoms with Crippen molar-refractivity contribution in [3.63, 3.8) is 0 Å². The number of benzene rings is 1. The van der Waals surface area contributed by atoms with Crippen LogP contribution in [0.15, 0.2) is 36.4 Å². The quantitative estimate of drug-likeness (QED) is 0.721. The highest BCUT2D eigenvalue weighted by molar-refractivity contribution is 7.89. The molecule has 1 fully saturated rings. The van der Waals surface area contributed by atoms with E-state index >= 15 is 0 Å². The Morgan fingerprint density at radius 2 is 2.16 bits per heavy atom. The van der Waals surface area contributed by atoms with Crippen LogP contribution in [-0.4, -0.2) is 54.9 Å². The molecule has 0 unspecified atom stereocenters. The average molecular weight is 469 g/mol. The van der Waals surface area contributed by atoms with Crippen molar-refractivity contribution in [2.24, 2.45) is 0 Å². The van der Waals surface area contributed by atoms with Crippen molar-refractivity contribution in [1.82, 2.24) is 19.9 Å². The largest absolute Gasteiger partial charge is 0.438 e. The monoisotopic (exact) mass is 468 g/mol. The van der Waals surface area contributed by atoms with Crippen LogP contribution in [0.25, 0.3) is 0 Å². The van der Waals surface area contributed by atoms with E-state index in [1.54, 1.807) is 30.3 Å². The van der Waals surface area contributed by atoms with Crippen LogP contribution in [0.2, 0.25) is 5.02 Å². The van der Waals surface area contributed by atoms with Crippen molar-refractivity contribution < 1.29 is 22.3 Å². The zero-order chi connectivity index (χ0) is 22.2. The van der Waals surface area contributed by atoms with Gasteiger partial charge in [-0.1, -0.05) is 23.7 Å². The Morgan fingerprint density at radius 3 is 2.94 bits per heavy atom. The fourth-order valence-corrected chi connectivity index (χ4v) is 4.80. The van der Waals surface area contributed by atoms with Crippen LogP contribution in [-0.2, 0) is 23.0 Å². The van der Waals surface area contributed by atoms with Crippen LogP contribution < -0.4 is 14.8 Å². The van der Waals surface area contributed by atoms with E-state index in [-0.39, 0.29) is 31.1 Å². The van der Waals surface area contributed by atoms with Crippen LogP contribution >= 0.6 is 11.6 Å². The van der Waals surface area contributed by atoms with Gasteiger partial charge < -0.3 is 15.0 Å². The molecule has 0 saturated carbocycles. The molecule has 1 aromatic heterocycles. The highest BCUT2D eigenvalue weighted by Crippen LogP contribution is 2.30. The molecule has 2 aromatic rings. The van der Waals surface area contributed by atoms with Crippen molar-refractivity contribution >= 4 is 27.7 Å². The van der Waals surface area contributed by atoms with Crippen LogP contribution in [0, 0.1) is 0 Å². The molecule has 0 aliphatic carbocycles. The lowest BCUT2D eigenvalue weighted by Gasteiger charge is -2.28. The van der Waals surface area contributed by atoms with E-state index in [9.17, 15) is 17.6 Å². The summed E-state index contributed by atoms with van der Waals surface area (Å²) in [5.74, 6) is 0.512. The summed E-state index contributed by atoms with van der Waals surface area (Å²) in [4.78, 5) is 18.6. The Balaban J connectivity index is 1.73. The van der Waals surface area contributed by atoms with Gasteiger partial charge >= 0.3 is 6.03 Å². The fourth-order valence-electron chi connectivity index (χ4n) is 3.77. The van der Waals surface area contributed by atoms with E-state index in [0.717, 1.165) is 5.56 Å². The van der Waals surface area contributed by atoms with Crippen LogP contribution in [0.1, 0.15) is 18.2 Å². The smallest absolute Gasteiger partial charge is 0.318 e. The van der Waals surface area contributed by atoms with E-state index in [2.05, 4.69) is 15.0 Å². The third kappa shape index (κ3) is 4.76. The summed E-state index contributed by atoms with van der Waals surface area (Å²) in [5.41, 5.74) is 1.26. The molecule has 4 rings (SSSR count). The normalized spacial score (nSPS) is 23.6. The third-order valence-corrected chi connectivity index (χ3v) is 7.06. The minimum Gasteiger partial charge on any atom is -0.438 e. The first-order chi connectivity index (χ1) is 14.8. The molecule has 3 atom stereocenters. The lowest BCUT2D eigenvalue weighted by molar-refractivity contribution is 0.187. The molecule has 31 heavy (non-hydrogen) atoms. The molecule has 1 saturated heterocycles. The van der Waals surface area contributed by atoms with Crippen molar-refractivity contribution in [3.8, 4) is 11.6 Å². The van der Waals surface area contributed by atoms with Gasteiger partial charge in [-0.05, 0) is 43.2 Å². The summed E-state index contributed by atoms with van der Waals surface area (Å²) in [6.07, 6.45) is -1.30. The number of amides is 2. The number of carbonyl (C=O) groups excluding carboxylic acids is 1. The molecular weight excluding hydrogens is 447 g/mol. The van der Waals surface area contributed by atoms with E-state index in [4.69, 9.17) is 16.3 Å². The summed E-state index contributed by atoms with van der Waals surface area (Å²) in [6, 6.07) is 8.06. The first kappa shape index (κ1) is 21.8. The predicted molar refractivity (Wildman–Crippen MR) is 113 cm³/mol. The van der Waals surface area contributed by atoms with Crippen LogP contribution in [0.3, 0.4) is 0 Å². The minimum atomic E-state index is -3.67. The Bertz CT molecular complexity index is 1100. The number of sulfonamides is 1. The number of carbonyl (C=O) groups is 1. The number of rotatable bonds is 3. The van der Waals surface area contributed by atoms with E-state index in [0.29, 0.717) is 16.5 Å². The van der Waals surface area contributed by atoms with Gasteiger partial charge in [0.15, 0.2) is 0 Å². The lowest BCUT2D eigenvalue weighted by atomic mass is 10.00. The first-order valence-corrected chi connectivity index (χ1v) is 11.9. The molecule has 8 nitrogen and oxygen atoms in total. The Kier molecular flexibility index (Phi) is 6.05. The number of nitrogens with zero attached hydrogens (tertiary/aromatic N) is 2. The highest BCUT2D eigenvalue weighted by atomic mass is 35.5. The third-order valence-electron chi connectivity index (χ3n) is 5.38. The number of halogens is 2. The second-order valence-electron chi connectivity index (χ2n) is 7.48. The standard InChI is InChI=1S/C20H22ClFN4O4S/c1-2-31(28,29)25-18-16(22)11-26-17(18)9-12-4-3-5-14(8-12)30-19-15(21)7-6-13(24-19)10-23-20(26)27/h3-8,16-18,25H,2,9-11H2,1H3,(H,23,27)/t16-,17-,18-/m0/s1. The Morgan fingerprint density at radius 1 is 1.35 bits per heavy atom. The van der Waals surface area contributed by atoms with Crippen LogP contribution in [0.4, 0.5) is 9.18 Å². The molecule has 2 N–H and O–H groups in total. The Hall–Kier alpha value is -2.43. The molecular formula is C20H22ClFN4O4S. The molecule has 2 aliphatic heterocycles. The van der Waals surface area contributed by atoms with Gasteiger partial charge in [0.1, 0.15) is 16.9 Å². The fraction of sp³-hybridized carbons (Fsp3) is 0.400. The highest BCUT2D eigenvalue weighted by Gasteiger charge is 2.46. The van der Waals surface area contributed by atoms with E-state index in [1.807, 2.05) is 6.07 Å². The number of fused-ring (bicyclic) bond motifs is 5.